The monoisotopic (exact) mass is 242 g/mol. The fourth-order valence-electron chi connectivity index (χ4n) is 1.47. The summed E-state index contributed by atoms with van der Waals surface area (Å²) in [4.78, 5) is 13.7. The van der Waals surface area contributed by atoms with Gasteiger partial charge in [0.25, 0.3) is 5.91 Å². The van der Waals surface area contributed by atoms with Crippen LogP contribution in [0.15, 0.2) is 23.3 Å². The number of hydrogen-bond donors (Lipinski definition) is 1. The molecule has 6 nitrogen and oxygen atoms in total. The Bertz CT molecular complexity index is 579. The van der Waals surface area contributed by atoms with Crippen LogP contribution in [0.3, 0.4) is 0 Å². The van der Waals surface area contributed by atoms with Crippen molar-refractivity contribution in [1.29, 1.82) is 0 Å². The molecule has 0 aromatic heterocycles. The van der Waals surface area contributed by atoms with Crippen LogP contribution in [0.1, 0.15) is 12.0 Å². The van der Waals surface area contributed by atoms with Crippen LogP contribution < -0.4 is 10.1 Å². The highest BCUT2D eigenvalue weighted by molar-refractivity contribution is 5.95. The average Bonchev–Trinajstić information content (AvgIpc) is 2.38. The van der Waals surface area contributed by atoms with Crippen LogP contribution in [0.25, 0.3) is 10.4 Å². The number of ether oxygens (including phenoxy) is 1. The van der Waals surface area contributed by atoms with Gasteiger partial charge in [0.1, 0.15) is 5.75 Å². The fourth-order valence-corrected chi connectivity index (χ4v) is 1.47. The summed E-state index contributed by atoms with van der Waals surface area (Å²) >= 11 is 0. The van der Waals surface area contributed by atoms with Crippen LogP contribution >= 0.6 is 0 Å². The highest BCUT2D eigenvalue weighted by Crippen LogP contribution is 2.28. The molecule has 0 spiro atoms. The lowest BCUT2D eigenvalue weighted by Gasteiger charge is -2.17. The topological polar surface area (TPSA) is 87.1 Å². The summed E-state index contributed by atoms with van der Waals surface area (Å²) in [5, 5.41) is 6.09. The first-order valence-corrected chi connectivity index (χ1v) is 5.36. The summed E-state index contributed by atoms with van der Waals surface area (Å²) in [5.41, 5.74) is 9.55. The molecule has 90 valence electrons. The second-order valence-electron chi connectivity index (χ2n) is 3.55. The second-order valence-corrected chi connectivity index (χ2v) is 3.55. The molecule has 1 aromatic carbocycles. The molecular weight excluding hydrogens is 232 g/mol. The number of nitrogens with zero attached hydrogens (tertiary/aromatic N) is 3. The van der Waals surface area contributed by atoms with E-state index in [0.717, 1.165) is 5.56 Å². The summed E-state index contributed by atoms with van der Waals surface area (Å²) in [6, 6.07) is 5.33. The number of carbonyl (C=O) groups is 1. The normalized spacial score (nSPS) is 12.1. The van der Waals surface area contributed by atoms with Crippen molar-refractivity contribution < 1.29 is 9.53 Å². The molecule has 0 fully saturated rings. The SMILES string of the molecule is [N-]=[N+]=NCCC#Cc1ccc2c(c1)OCC(=O)N2. The Labute approximate surface area is 104 Å². The molecule has 1 aliphatic rings. The predicted molar refractivity (Wildman–Crippen MR) is 66.1 cm³/mol. The Morgan fingerprint density at radius 2 is 2.44 bits per heavy atom. The lowest BCUT2D eigenvalue weighted by atomic mass is 10.1. The van der Waals surface area contributed by atoms with Gasteiger partial charge in [-0.05, 0) is 23.7 Å². The number of amides is 1. The lowest BCUT2D eigenvalue weighted by molar-refractivity contribution is -0.118. The maximum Gasteiger partial charge on any atom is 0.262 e. The van der Waals surface area contributed by atoms with Gasteiger partial charge in [-0.15, -0.1) is 0 Å². The van der Waals surface area contributed by atoms with Crippen LogP contribution in [-0.4, -0.2) is 19.1 Å². The van der Waals surface area contributed by atoms with Gasteiger partial charge in [0.15, 0.2) is 6.61 Å². The molecule has 1 aliphatic heterocycles. The zero-order valence-electron chi connectivity index (χ0n) is 9.51. The minimum absolute atomic E-state index is 0.0285. The van der Waals surface area contributed by atoms with Crippen molar-refractivity contribution in [1.82, 2.24) is 0 Å². The number of azide groups is 1. The van der Waals surface area contributed by atoms with Gasteiger partial charge in [-0.25, -0.2) is 0 Å². The molecule has 0 saturated heterocycles. The molecule has 1 aromatic rings. The van der Waals surface area contributed by atoms with E-state index in [1.807, 2.05) is 0 Å². The number of benzene rings is 1. The third-order valence-electron chi connectivity index (χ3n) is 2.25. The summed E-state index contributed by atoms with van der Waals surface area (Å²) < 4.78 is 5.27. The zero-order chi connectivity index (χ0) is 12.8. The van der Waals surface area contributed by atoms with Crippen LogP contribution in [0.5, 0.6) is 5.75 Å². The fraction of sp³-hybridized carbons (Fsp3) is 0.250. The molecule has 0 atom stereocenters. The average molecular weight is 242 g/mol. The maximum absolute atomic E-state index is 11.1. The molecule has 0 radical (unpaired) electrons. The van der Waals surface area contributed by atoms with Gasteiger partial charge in [0, 0.05) is 23.4 Å². The molecule has 1 heterocycles. The van der Waals surface area contributed by atoms with Crippen LogP contribution in [0, 0.1) is 11.8 Å². The first-order chi connectivity index (χ1) is 8.79. The molecule has 2 rings (SSSR count). The molecule has 0 bridgehead atoms. The minimum atomic E-state index is -0.157. The second kappa shape index (κ2) is 5.62. The number of rotatable bonds is 2. The van der Waals surface area contributed by atoms with Crippen LogP contribution in [0.4, 0.5) is 5.69 Å². The Morgan fingerprint density at radius 3 is 3.28 bits per heavy atom. The summed E-state index contributed by atoms with van der Waals surface area (Å²) in [6.07, 6.45) is 0.513. The molecule has 1 amide bonds. The summed E-state index contributed by atoms with van der Waals surface area (Å²) in [5.74, 6) is 6.30. The van der Waals surface area contributed by atoms with E-state index in [1.54, 1.807) is 18.2 Å². The molecule has 0 saturated carbocycles. The van der Waals surface area contributed by atoms with Gasteiger partial charge in [-0.2, -0.15) is 0 Å². The number of carbonyl (C=O) groups excluding carboxylic acids is 1. The van der Waals surface area contributed by atoms with Crippen molar-refractivity contribution in [2.45, 2.75) is 6.42 Å². The highest BCUT2D eigenvalue weighted by Gasteiger charge is 2.15. The molecule has 6 heteroatoms. The molecule has 0 aliphatic carbocycles. The van der Waals surface area contributed by atoms with E-state index in [2.05, 4.69) is 27.2 Å². The van der Waals surface area contributed by atoms with E-state index in [0.29, 0.717) is 24.4 Å². The Balaban J connectivity index is 2.07. The van der Waals surface area contributed by atoms with Crippen molar-refractivity contribution in [2.24, 2.45) is 5.11 Å². The minimum Gasteiger partial charge on any atom is -0.482 e. The maximum atomic E-state index is 11.1. The largest absolute Gasteiger partial charge is 0.482 e. The number of anilines is 1. The summed E-state index contributed by atoms with van der Waals surface area (Å²) in [7, 11) is 0. The van der Waals surface area contributed by atoms with E-state index >= 15 is 0 Å². The van der Waals surface area contributed by atoms with Gasteiger partial charge in [-0.3, -0.25) is 4.79 Å². The van der Waals surface area contributed by atoms with Gasteiger partial charge in [0.05, 0.1) is 5.69 Å². The standard InChI is InChI=1S/C12H10N4O2/c13-16-14-6-2-1-3-9-4-5-10-11(7-9)18-8-12(17)15-10/h4-5,7H,2,6,8H2,(H,15,17). The first-order valence-electron chi connectivity index (χ1n) is 5.36. The molecule has 1 N–H and O–H groups in total. The molecular formula is C12H10N4O2. The van der Waals surface area contributed by atoms with Gasteiger partial charge in [-0.1, -0.05) is 17.0 Å². The third kappa shape index (κ3) is 2.94. The van der Waals surface area contributed by atoms with E-state index in [-0.39, 0.29) is 12.5 Å². The molecule has 0 unspecified atom stereocenters. The quantitative estimate of drug-likeness (QED) is 0.283. The number of nitrogens with one attached hydrogen (secondary N) is 1. The van der Waals surface area contributed by atoms with Crippen LogP contribution in [-0.2, 0) is 4.79 Å². The van der Waals surface area contributed by atoms with Gasteiger partial charge < -0.3 is 10.1 Å². The van der Waals surface area contributed by atoms with E-state index < -0.39 is 0 Å². The smallest absolute Gasteiger partial charge is 0.262 e. The predicted octanol–water partition coefficient (Wildman–Crippen LogP) is 2.07. The van der Waals surface area contributed by atoms with Crippen molar-refractivity contribution in [3.8, 4) is 17.6 Å². The van der Waals surface area contributed by atoms with E-state index in [1.165, 1.54) is 0 Å². The van der Waals surface area contributed by atoms with Crippen molar-refractivity contribution in [2.75, 3.05) is 18.5 Å². The van der Waals surface area contributed by atoms with E-state index in [4.69, 9.17) is 10.3 Å². The first kappa shape index (κ1) is 11.8. The number of hydrogen-bond acceptors (Lipinski definition) is 3. The van der Waals surface area contributed by atoms with Gasteiger partial charge >= 0.3 is 0 Å². The summed E-state index contributed by atoms with van der Waals surface area (Å²) in [6.45, 7) is 0.391. The van der Waals surface area contributed by atoms with E-state index in [9.17, 15) is 4.79 Å². The van der Waals surface area contributed by atoms with Crippen molar-refractivity contribution in [3.63, 3.8) is 0 Å². The van der Waals surface area contributed by atoms with Crippen molar-refractivity contribution >= 4 is 11.6 Å². The Morgan fingerprint density at radius 1 is 1.56 bits per heavy atom. The molecule has 18 heavy (non-hydrogen) atoms. The van der Waals surface area contributed by atoms with Gasteiger partial charge in [0.2, 0.25) is 0 Å². The zero-order valence-corrected chi connectivity index (χ0v) is 9.51. The van der Waals surface area contributed by atoms with Crippen LogP contribution in [0.2, 0.25) is 0 Å². The lowest BCUT2D eigenvalue weighted by Crippen LogP contribution is -2.25. The highest BCUT2D eigenvalue weighted by atomic mass is 16.5. The van der Waals surface area contributed by atoms with Crippen molar-refractivity contribution in [3.05, 3.63) is 34.2 Å². The Hall–Kier alpha value is -2.64. The number of fused-ring (bicyclic) bond motifs is 1. The Kier molecular flexibility index (Phi) is 3.69. The third-order valence-corrected chi connectivity index (χ3v) is 2.25.